The van der Waals surface area contributed by atoms with Gasteiger partial charge in [-0.2, -0.15) is 0 Å². The number of aryl methyl sites for hydroxylation is 1. The van der Waals surface area contributed by atoms with E-state index in [1.807, 2.05) is 48.5 Å². The van der Waals surface area contributed by atoms with Crippen molar-refractivity contribution in [2.75, 3.05) is 5.32 Å². The number of nitrogens with one attached hydrogen (secondary N) is 1. The highest BCUT2D eigenvalue weighted by Crippen LogP contribution is 2.16. The topological polar surface area (TPSA) is 64.9 Å². The molecule has 0 bridgehead atoms. The van der Waals surface area contributed by atoms with E-state index in [4.69, 9.17) is 16.3 Å². The van der Waals surface area contributed by atoms with E-state index in [9.17, 15) is 0 Å². The molecular formula is C19H22ClN5O. The second-order valence-electron chi connectivity index (χ2n) is 5.99. The van der Waals surface area contributed by atoms with Gasteiger partial charge in [-0.15, -0.1) is 0 Å². The molecule has 0 aliphatic rings. The quantitative estimate of drug-likeness (QED) is 0.606. The molecule has 1 heterocycles. The van der Waals surface area contributed by atoms with Crippen LogP contribution in [0.5, 0.6) is 5.75 Å². The van der Waals surface area contributed by atoms with E-state index in [1.54, 1.807) is 4.68 Å². The second kappa shape index (κ2) is 9.20. The maximum absolute atomic E-state index is 5.89. The first kappa shape index (κ1) is 18.2. The molecule has 3 aromatic rings. The van der Waals surface area contributed by atoms with Gasteiger partial charge < -0.3 is 10.1 Å². The van der Waals surface area contributed by atoms with Gasteiger partial charge in [0.2, 0.25) is 5.95 Å². The number of rotatable bonds is 9. The minimum Gasteiger partial charge on any atom is -0.489 e. The van der Waals surface area contributed by atoms with Crippen molar-refractivity contribution in [3.63, 3.8) is 0 Å². The third-order valence-corrected chi connectivity index (χ3v) is 4.20. The van der Waals surface area contributed by atoms with Crippen LogP contribution in [0.4, 0.5) is 5.95 Å². The van der Waals surface area contributed by atoms with Gasteiger partial charge in [0.25, 0.3) is 0 Å². The van der Waals surface area contributed by atoms with Crippen LogP contribution in [0.2, 0.25) is 5.02 Å². The van der Waals surface area contributed by atoms with Gasteiger partial charge in [0.1, 0.15) is 12.4 Å². The van der Waals surface area contributed by atoms with Gasteiger partial charge in [-0.3, -0.25) is 0 Å². The minimum atomic E-state index is 0.515. The Hall–Kier alpha value is -2.60. The molecule has 0 atom stereocenters. The second-order valence-corrected chi connectivity index (χ2v) is 6.43. The Morgan fingerprint density at radius 3 is 2.50 bits per heavy atom. The van der Waals surface area contributed by atoms with Crippen molar-refractivity contribution in [1.29, 1.82) is 0 Å². The van der Waals surface area contributed by atoms with Crippen molar-refractivity contribution in [3.05, 3.63) is 64.7 Å². The fourth-order valence-corrected chi connectivity index (χ4v) is 2.55. The molecule has 3 rings (SSSR count). The highest BCUT2D eigenvalue weighted by Gasteiger charge is 2.05. The van der Waals surface area contributed by atoms with Crippen molar-refractivity contribution in [2.24, 2.45) is 0 Å². The summed E-state index contributed by atoms with van der Waals surface area (Å²) in [6, 6.07) is 15.6. The van der Waals surface area contributed by atoms with E-state index in [0.29, 0.717) is 19.1 Å². The van der Waals surface area contributed by atoms with Crippen LogP contribution in [0, 0.1) is 0 Å². The summed E-state index contributed by atoms with van der Waals surface area (Å²) in [4.78, 5) is 0. The lowest BCUT2D eigenvalue weighted by Crippen LogP contribution is -2.09. The number of halogens is 1. The largest absolute Gasteiger partial charge is 0.489 e. The van der Waals surface area contributed by atoms with Crippen LogP contribution in [-0.4, -0.2) is 20.2 Å². The van der Waals surface area contributed by atoms with E-state index in [1.165, 1.54) is 0 Å². The number of hydrogen-bond acceptors (Lipinski definition) is 5. The highest BCUT2D eigenvalue weighted by molar-refractivity contribution is 6.30. The maximum Gasteiger partial charge on any atom is 0.243 e. The van der Waals surface area contributed by atoms with Crippen molar-refractivity contribution >= 4 is 17.5 Å². The highest BCUT2D eigenvalue weighted by atomic mass is 35.5. The van der Waals surface area contributed by atoms with Gasteiger partial charge in [-0.05, 0) is 52.2 Å². The molecule has 1 aromatic heterocycles. The van der Waals surface area contributed by atoms with Crippen molar-refractivity contribution in [3.8, 4) is 5.75 Å². The van der Waals surface area contributed by atoms with Crippen molar-refractivity contribution < 1.29 is 4.74 Å². The predicted molar refractivity (Wildman–Crippen MR) is 102 cm³/mol. The molecule has 0 spiro atoms. The number of anilines is 1. The molecular weight excluding hydrogens is 350 g/mol. The van der Waals surface area contributed by atoms with Crippen molar-refractivity contribution in [2.45, 2.75) is 39.5 Å². The molecule has 1 N–H and O–H groups in total. The van der Waals surface area contributed by atoms with Crippen molar-refractivity contribution in [1.82, 2.24) is 20.2 Å². The SMILES string of the molecule is CCCCn1nnnc1NCc1ccc(OCc2ccc(Cl)cc2)cc1. The Balaban J connectivity index is 1.50. The molecule has 0 aliphatic heterocycles. The van der Waals surface area contributed by atoms with E-state index >= 15 is 0 Å². The first-order valence-electron chi connectivity index (χ1n) is 8.71. The normalized spacial score (nSPS) is 10.7. The average molecular weight is 372 g/mol. The lowest BCUT2D eigenvalue weighted by molar-refractivity contribution is 0.306. The van der Waals surface area contributed by atoms with Crippen LogP contribution in [0.25, 0.3) is 0 Å². The summed E-state index contributed by atoms with van der Waals surface area (Å²) in [5.41, 5.74) is 2.22. The van der Waals surface area contributed by atoms with Crippen LogP contribution in [-0.2, 0) is 19.7 Å². The number of nitrogens with zero attached hydrogens (tertiary/aromatic N) is 4. The number of ether oxygens (including phenoxy) is 1. The van der Waals surface area contributed by atoms with Gasteiger partial charge in [-0.1, -0.05) is 54.3 Å². The van der Waals surface area contributed by atoms with Gasteiger partial charge in [-0.25, -0.2) is 4.68 Å². The molecule has 7 heteroatoms. The maximum atomic E-state index is 5.89. The molecule has 6 nitrogen and oxygen atoms in total. The Bertz CT molecular complexity index is 802. The third-order valence-electron chi connectivity index (χ3n) is 3.95. The number of aromatic nitrogens is 4. The summed E-state index contributed by atoms with van der Waals surface area (Å²) in [5, 5.41) is 15.8. The van der Waals surface area contributed by atoms with Crippen LogP contribution in [0.1, 0.15) is 30.9 Å². The molecule has 136 valence electrons. The third kappa shape index (κ3) is 5.20. The average Bonchev–Trinajstić information content (AvgIpc) is 3.12. The molecule has 0 aliphatic carbocycles. The summed E-state index contributed by atoms with van der Waals surface area (Å²) in [6.45, 7) is 4.14. The summed E-state index contributed by atoms with van der Waals surface area (Å²) in [7, 11) is 0. The summed E-state index contributed by atoms with van der Waals surface area (Å²) in [5.74, 6) is 1.53. The van der Waals surface area contributed by atoms with Crippen LogP contribution in [0.3, 0.4) is 0 Å². The van der Waals surface area contributed by atoms with Gasteiger partial charge in [0.05, 0.1) is 0 Å². The Kier molecular flexibility index (Phi) is 6.44. The zero-order chi connectivity index (χ0) is 18.2. The van der Waals surface area contributed by atoms with Crippen LogP contribution < -0.4 is 10.1 Å². The number of unbranched alkanes of at least 4 members (excludes halogenated alkanes) is 1. The lowest BCUT2D eigenvalue weighted by atomic mass is 10.2. The predicted octanol–water partition coefficient (Wildman–Crippen LogP) is 4.32. The zero-order valence-electron chi connectivity index (χ0n) is 14.7. The fourth-order valence-electron chi connectivity index (χ4n) is 2.42. The fraction of sp³-hybridized carbons (Fsp3) is 0.316. The number of tetrazole rings is 1. The summed E-state index contributed by atoms with van der Waals surface area (Å²) in [6.07, 6.45) is 2.16. The molecule has 0 fully saturated rings. The first-order chi connectivity index (χ1) is 12.7. The van der Waals surface area contributed by atoms with Gasteiger partial charge in [0.15, 0.2) is 0 Å². The van der Waals surface area contributed by atoms with Gasteiger partial charge in [0, 0.05) is 18.1 Å². The van der Waals surface area contributed by atoms with E-state index in [0.717, 1.165) is 41.3 Å². The molecule has 0 saturated heterocycles. The van der Waals surface area contributed by atoms with Crippen LogP contribution in [0.15, 0.2) is 48.5 Å². The molecule has 0 saturated carbocycles. The van der Waals surface area contributed by atoms with E-state index < -0.39 is 0 Å². The number of benzene rings is 2. The summed E-state index contributed by atoms with van der Waals surface area (Å²) < 4.78 is 7.60. The monoisotopic (exact) mass is 371 g/mol. The number of hydrogen-bond donors (Lipinski definition) is 1. The molecule has 0 unspecified atom stereocenters. The van der Waals surface area contributed by atoms with Gasteiger partial charge >= 0.3 is 0 Å². The Morgan fingerprint density at radius 1 is 1.04 bits per heavy atom. The molecule has 2 aromatic carbocycles. The molecule has 26 heavy (non-hydrogen) atoms. The lowest BCUT2D eigenvalue weighted by Gasteiger charge is -2.09. The zero-order valence-corrected chi connectivity index (χ0v) is 15.5. The standard InChI is InChI=1S/C19H22ClN5O/c1-2-3-12-25-19(22-23-24-25)21-13-15-6-10-18(11-7-15)26-14-16-4-8-17(20)9-5-16/h4-11H,2-3,12-14H2,1H3,(H,21,22,24). The smallest absolute Gasteiger partial charge is 0.243 e. The summed E-state index contributed by atoms with van der Waals surface area (Å²) >= 11 is 5.89. The van der Waals surface area contributed by atoms with Crippen LogP contribution >= 0.6 is 11.6 Å². The van der Waals surface area contributed by atoms with E-state index in [-0.39, 0.29) is 0 Å². The Morgan fingerprint density at radius 2 is 1.77 bits per heavy atom. The molecule has 0 amide bonds. The molecule has 0 radical (unpaired) electrons. The van der Waals surface area contributed by atoms with E-state index in [2.05, 4.69) is 27.8 Å². The Labute approximate surface area is 158 Å². The first-order valence-corrected chi connectivity index (χ1v) is 9.08. The minimum absolute atomic E-state index is 0.515.